The average molecular weight is 285 g/mol. The summed E-state index contributed by atoms with van der Waals surface area (Å²) in [5, 5.41) is 3.34. The standard InChI is InChI=1S/C15H15N3OS/c1-20-10-13-4-3-12(19-13)9-18-11-2-5-14-15(8-11)17-7-6-16-14/h2-8,18H,9-10H2,1H3. The van der Waals surface area contributed by atoms with E-state index in [1.165, 1.54) is 0 Å². The maximum atomic E-state index is 5.72. The molecule has 0 spiro atoms. The second-order valence-electron chi connectivity index (χ2n) is 4.41. The van der Waals surface area contributed by atoms with Gasteiger partial charge in [-0.1, -0.05) is 0 Å². The molecule has 0 saturated heterocycles. The number of nitrogens with one attached hydrogen (secondary N) is 1. The minimum absolute atomic E-state index is 0.667. The van der Waals surface area contributed by atoms with Crippen LogP contribution in [-0.2, 0) is 12.3 Å². The Balaban J connectivity index is 1.69. The minimum Gasteiger partial charge on any atom is -0.463 e. The van der Waals surface area contributed by atoms with E-state index >= 15 is 0 Å². The van der Waals surface area contributed by atoms with E-state index in [1.807, 2.05) is 30.3 Å². The average Bonchev–Trinajstić information content (AvgIpc) is 2.93. The van der Waals surface area contributed by atoms with Gasteiger partial charge in [0.2, 0.25) is 0 Å². The summed E-state index contributed by atoms with van der Waals surface area (Å²) in [6.07, 6.45) is 5.47. The first kappa shape index (κ1) is 13.0. The molecule has 102 valence electrons. The van der Waals surface area contributed by atoms with E-state index in [2.05, 4.69) is 21.5 Å². The fourth-order valence-corrected chi connectivity index (χ4v) is 2.44. The Morgan fingerprint density at radius 3 is 2.70 bits per heavy atom. The Labute approximate surface area is 121 Å². The van der Waals surface area contributed by atoms with Crippen LogP contribution in [0.5, 0.6) is 0 Å². The zero-order valence-corrected chi connectivity index (χ0v) is 12.0. The molecule has 0 saturated carbocycles. The highest BCUT2D eigenvalue weighted by atomic mass is 32.2. The first-order valence-electron chi connectivity index (χ1n) is 6.36. The van der Waals surface area contributed by atoms with Crippen molar-refractivity contribution in [2.75, 3.05) is 11.6 Å². The van der Waals surface area contributed by atoms with Gasteiger partial charge in [-0.3, -0.25) is 9.97 Å². The number of furan rings is 1. The highest BCUT2D eigenvalue weighted by Gasteiger charge is 2.02. The van der Waals surface area contributed by atoms with Gasteiger partial charge in [-0.25, -0.2) is 0 Å². The molecule has 0 amide bonds. The number of fused-ring (bicyclic) bond motifs is 1. The van der Waals surface area contributed by atoms with Gasteiger partial charge >= 0.3 is 0 Å². The molecule has 0 aliphatic rings. The summed E-state index contributed by atoms with van der Waals surface area (Å²) in [6.45, 7) is 0.667. The molecule has 2 aromatic heterocycles. The van der Waals surface area contributed by atoms with Crippen molar-refractivity contribution in [3.63, 3.8) is 0 Å². The van der Waals surface area contributed by atoms with E-state index in [-0.39, 0.29) is 0 Å². The van der Waals surface area contributed by atoms with Crippen LogP contribution in [0.1, 0.15) is 11.5 Å². The number of rotatable bonds is 5. The van der Waals surface area contributed by atoms with Crippen LogP contribution in [0.2, 0.25) is 0 Å². The molecule has 2 heterocycles. The topological polar surface area (TPSA) is 51.0 Å². The summed E-state index contributed by atoms with van der Waals surface area (Å²) in [5.41, 5.74) is 2.80. The van der Waals surface area contributed by atoms with Gasteiger partial charge < -0.3 is 9.73 Å². The van der Waals surface area contributed by atoms with Gasteiger partial charge in [0.05, 0.1) is 23.3 Å². The van der Waals surface area contributed by atoms with E-state index in [0.29, 0.717) is 6.54 Å². The molecule has 5 heteroatoms. The van der Waals surface area contributed by atoms with Crippen molar-refractivity contribution in [3.05, 3.63) is 54.2 Å². The van der Waals surface area contributed by atoms with Crippen LogP contribution >= 0.6 is 11.8 Å². The lowest BCUT2D eigenvalue weighted by molar-refractivity contribution is 0.487. The van der Waals surface area contributed by atoms with Crippen molar-refractivity contribution in [3.8, 4) is 0 Å². The van der Waals surface area contributed by atoms with Crippen molar-refractivity contribution in [2.24, 2.45) is 0 Å². The van der Waals surface area contributed by atoms with Gasteiger partial charge in [0.15, 0.2) is 0 Å². The lowest BCUT2D eigenvalue weighted by Gasteiger charge is -2.05. The van der Waals surface area contributed by atoms with Crippen molar-refractivity contribution in [1.82, 2.24) is 9.97 Å². The molecule has 1 N–H and O–H groups in total. The predicted molar refractivity (Wildman–Crippen MR) is 82.8 cm³/mol. The summed E-state index contributed by atoms with van der Waals surface area (Å²) in [7, 11) is 0. The molecule has 4 nitrogen and oxygen atoms in total. The van der Waals surface area contributed by atoms with Gasteiger partial charge in [-0.15, -0.1) is 0 Å². The monoisotopic (exact) mass is 285 g/mol. The molecule has 0 atom stereocenters. The third-order valence-electron chi connectivity index (χ3n) is 2.94. The third kappa shape index (κ3) is 2.93. The summed E-state index contributed by atoms with van der Waals surface area (Å²) in [5.74, 6) is 2.86. The van der Waals surface area contributed by atoms with Crippen molar-refractivity contribution < 1.29 is 4.42 Å². The van der Waals surface area contributed by atoms with Crippen LogP contribution in [0.25, 0.3) is 11.0 Å². The Hall–Kier alpha value is -2.01. The van der Waals surface area contributed by atoms with E-state index in [9.17, 15) is 0 Å². The molecular formula is C15H15N3OS. The Kier molecular flexibility index (Phi) is 3.87. The van der Waals surface area contributed by atoms with Gasteiger partial charge in [0.1, 0.15) is 11.5 Å². The highest BCUT2D eigenvalue weighted by molar-refractivity contribution is 7.97. The summed E-state index contributed by atoms with van der Waals surface area (Å²) in [4.78, 5) is 8.55. The number of hydrogen-bond donors (Lipinski definition) is 1. The fraction of sp³-hybridized carbons (Fsp3) is 0.200. The van der Waals surface area contributed by atoms with E-state index in [4.69, 9.17) is 4.42 Å². The molecular weight excluding hydrogens is 270 g/mol. The summed E-state index contributed by atoms with van der Waals surface area (Å²) in [6, 6.07) is 10.0. The molecule has 0 unspecified atom stereocenters. The lowest BCUT2D eigenvalue weighted by atomic mass is 10.2. The van der Waals surface area contributed by atoms with Crippen LogP contribution in [0.15, 0.2) is 47.1 Å². The predicted octanol–water partition coefficient (Wildman–Crippen LogP) is 3.70. The van der Waals surface area contributed by atoms with Crippen LogP contribution in [-0.4, -0.2) is 16.2 Å². The number of thioether (sulfide) groups is 1. The largest absolute Gasteiger partial charge is 0.463 e. The Morgan fingerprint density at radius 2 is 1.85 bits per heavy atom. The van der Waals surface area contributed by atoms with Crippen LogP contribution in [0.3, 0.4) is 0 Å². The molecule has 3 aromatic rings. The number of anilines is 1. The normalized spacial score (nSPS) is 10.8. The van der Waals surface area contributed by atoms with E-state index in [0.717, 1.165) is 34.0 Å². The maximum Gasteiger partial charge on any atom is 0.123 e. The number of nitrogens with zero attached hydrogens (tertiary/aromatic N) is 2. The highest BCUT2D eigenvalue weighted by Crippen LogP contribution is 2.17. The number of aromatic nitrogens is 2. The molecule has 1 aromatic carbocycles. The molecule has 20 heavy (non-hydrogen) atoms. The number of benzene rings is 1. The molecule has 0 bridgehead atoms. The van der Waals surface area contributed by atoms with Gasteiger partial charge in [-0.2, -0.15) is 11.8 Å². The van der Waals surface area contributed by atoms with Crippen molar-refractivity contribution in [1.29, 1.82) is 0 Å². The van der Waals surface area contributed by atoms with Crippen molar-refractivity contribution in [2.45, 2.75) is 12.3 Å². The van der Waals surface area contributed by atoms with Gasteiger partial charge in [-0.05, 0) is 36.6 Å². The summed E-state index contributed by atoms with van der Waals surface area (Å²) >= 11 is 1.75. The quantitative estimate of drug-likeness (QED) is 0.774. The van der Waals surface area contributed by atoms with Crippen LogP contribution in [0, 0.1) is 0 Å². The van der Waals surface area contributed by atoms with Gasteiger partial charge in [0, 0.05) is 18.1 Å². The van der Waals surface area contributed by atoms with Crippen molar-refractivity contribution >= 4 is 28.5 Å². The lowest BCUT2D eigenvalue weighted by Crippen LogP contribution is -1.98. The minimum atomic E-state index is 0.667. The second kappa shape index (κ2) is 5.96. The Bertz CT molecular complexity index is 711. The fourth-order valence-electron chi connectivity index (χ4n) is 2.00. The Morgan fingerprint density at radius 1 is 1.05 bits per heavy atom. The van der Waals surface area contributed by atoms with Gasteiger partial charge in [0.25, 0.3) is 0 Å². The molecule has 0 aliphatic carbocycles. The molecule has 0 radical (unpaired) electrons. The second-order valence-corrected chi connectivity index (χ2v) is 5.28. The summed E-state index contributed by atoms with van der Waals surface area (Å²) < 4.78 is 5.72. The molecule has 0 aliphatic heterocycles. The zero-order chi connectivity index (χ0) is 13.8. The first-order valence-corrected chi connectivity index (χ1v) is 7.76. The van der Waals surface area contributed by atoms with Crippen LogP contribution < -0.4 is 5.32 Å². The third-order valence-corrected chi connectivity index (χ3v) is 3.51. The smallest absolute Gasteiger partial charge is 0.123 e. The maximum absolute atomic E-state index is 5.72. The van der Waals surface area contributed by atoms with E-state index < -0.39 is 0 Å². The SMILES string of the molecule is CSCc1ccc(CNc2ccc3nccnc3c2)o1. The van der Waals surface area contributed by atoms with E-state index in [1.54, 1.807) is 24.2 Å². The van der Waals surface area contributed by atoms with Crippen LogP contribution in [0.4, 0.5) is 5.69 Å². The molecule has 3 rings (SSSR count). The number of hydrogen-bond acceptors (Lipinski definition) is 5. The molecule has 0 fully saturated rings. The first-order chi connectivity index (χ1) is 9.85. The zero-order valence-electron chi connectivity index (χ0n) is 11.2.